The summed E-state index contributed by atoms with van der Waals surface area (Å²) in [5.74, 6) is 0.162. The van der Waals surface area contributed by atoms with Gasteiger partial charge in [0, 0.05) is 10.3 Å². The van der Waals surface area contributed by atoms with Gasteiger partial charge in [-0.3, -0.25) is 4.79 Å². The molecule has 0 aromatic carbocycles. The topological polar surface area (TPSA) is 43.1 Å². The number of thiophene rings is 1. The van der Waals surface area contributed by atoms with E-state index in [2.05, 4.69) is 6.92 Å². The summed E-state index contributed by atoms with van der Waals surface area (Å²) in [7, 11) is 0. The van der Waals surface area contributed by atoms with Crippen LogP contribution in [-0.2, 0) is 6.42 Å². The quantitative estimate of drug-likeness (QED) is 0.626. The van der Waals surface area contributed by atoms with Gasteiger partial charge in [0.15, 0.2) is 5.78 Å². The first kappa shape index (κ1) is 15.2. The maximum absolute atomic E-state index is 12.4. The van der Waals surface area contributed by atoms with Gasteiger partial charge in [0.2, 0.25) is 0 Å². The minimum atomic E-state index is -0.360. The van der Waals surface area contributed by atoms with Gasteiger partial charge < -0.3 is 5.73 Å². The van der Waals surface area contributed by atoms with Crippen molar-refractivity contribution in [3.05, 3.63) is 16.0 Å². The van der Waals surface area contributed by atoms with Crippen LogP contribution in [0.25, 0.3) is 0 Å². The van der Waals surface area contributed by atoms with Gasteiger partial charge in [-0.05, 0) is 25.3 Å². The van der Waals surface area contributed by atoms with Crippen molar-refractivity contribution in [3.63, 3.8) is 0 Å². The lowest BCUT2D eigenvalue weighted by atomic mass is 9.85. The molecule has 0 unspecified atom stereocenters. The Bertz CT molecular complexity index is 426. The van der Waals surface area contributed by atoms with Crippen molar-refractivity contribution < 1.29 is 4.79 Å². The van der Waals surface area contributed by atoms with Crippen molar-refractivity contribution in [1.82, 2.24) is 0 Å². The Kier molecular flexibility index (Phi) is 4.97. The second-order valence-electron chi connectivity index (χ2n) is 5.93. The minimum absolute atomic E-state index is 0.162. The van der Waals surface area contributed by atoms with E-state index in [0.717, 1.165) is 17.5 Å². The summed E-state index contributed by atoms with van der Waals surface area (Å²) in [5, 5.41) is 0.693. The number of rotatable bonds is 5. The molecule has 0 fully saturated rings. The first-order chi connectivity index (χ1) is 8.29. The van der Waals surface area contributed by atoms with Gasteiger partial charge in [-0.2, -0.15) is 0 Å². The largest absolute Gasteiger partial charge is 0.390 e. The van der Waals surface area contributed by atoms with E-state index in [0.29, 0.717) is 5.00 Å². The van der Waals surface area contributed by atoms with E-state index in [9.17, 15) is 4.79 Å². The second-order valence-corrected chi connectivity index (χ2v) is 7.06. The van der Waals surface area contributed by atoms with Crippen LogP contribution in [0.4, 0.5) is 5.00 Å². The molecule has 1 aromatic heterocycles. The average molecular weight is 267 g/mol. The van der Waals surface area contributed by atoms with Crippen LogP contribution < -0.4 is 5.73 Å². The highest BCUT2D eigenvalue weighted by Crippen LogP contribution is 2.35. The van der Waals surface area contributed by atoms with Gasteiger partial charge in [0.05, 0.1) is 10.6 Å². The zero-order valence-electron chi connectivity index (χ0n) is 12.2. The van der Waals surface area contributed by atoms with Crippen LogP contribution in [0.5, 0.6) is 0 Å². The summed E-state index contributed by atoms with van der Waals surface area (Å²) in [6.45, 7) is 10.1. The molecular formula is C15H25NOS. The van der Waals surface area contributed by atoms with Gasteiger partial charge in [0.25, 0.3) is 0 Å². The number of ketones is 1. The summed E-state index contributed by atoms with van der Waals surface area (Å²) in [6.07, 6.45) is 4.68. The maximum atomic E-state index is 12.4. The van der Waals surface area contributed by atoms with Crippen LogP contribution in [0.2, 0.25) is 0 Å². The number of nitrogen functional groups attached to an aromatic ring is 1. The van der Waals surface area contributed by atoms with Crippen molar-refractivity contribution >= 4 is 22.1 Å². The van der Waals surface area contributed by atoms with E-state index in [1.54, 1.807) is 11.3 Å². The Labute approximate surface area is 115 Å². The van der Waals surface area contributed by atoms with Crippen molar-refractivity contribution in [2.24, 2.45) is 5.41 Å². The van der Waals surface area contributed by atoms with E-state index in [1.165, 1.54) is 24.1 Å². The number of carbonyl (C=O) groups is 1. The highest BCUT2D eigenvalue weighted by Gasteiger charge is 2.28. The molecule has 3 heteroatoms. The fourth-order valence-corrected chi connectivity index (χ4v) is 3.13. The number of nitrogens with two attached hydrogens (primary N) is 1. The molecule has 0 atom stereocenters. The highest BCUT2D eigenvalue weighted by atomic mass is 32.1. The van der Waals surface area contributed by atoms with E-state index >= 15 is 0 Å². The molecule has 0 aliphatic heterocycles. The van der Waals surface area contributed by atoms with Crippen LogP contribution in [-0.4, -0.2) is 5.78 Å². The lowest BCUT2D eigenvalue weighted by Gasteiger charge is -2.17. The first-order valence-corrected chi connectivity index (χ1v) is 7.53. The molecule has 0 spiro atoms. The van der Waals surface area contributed by atoms with E-state index in [1.807, 2.05) is 27.7 Å². The first-order valence-electron chi connectivity index (χ1n) is 6.71. The van der Waals surface area contributed by atoms with E-state index in [-0.39, 0.29) is 11.2 Å². The smallest absolute Gasteiger partial charge is 0.171 e. The van der Waals surface area contributed by atoms with Crippen LogP contribution in [0.1, 0.15) is 67.8 Å². The standard InChI is InChI=1S/C15H25NOS/c1-6-7-8-9-11-10(2)12(14(16)18-11)13(17)15(3,4)5/h6-9,16H2,1-5H3. The highest BCUT2D eigenvalue weighted by molar-refractivity contribution is 7.16. The third kappa shape index (κ3) is 3.35. The summed E-state index contributed by atoms with van der Waals surface area (Å²) in [5.41, 5.74) is 7.55. The predicted molar refractivity (Wildman–Crippen MR) is 80.5 cm³/mol. The Balaban J connectivity index is 2.98. The molecule has 2 N–H and O–H groups in total. The number of anilines is 1. The number of aryl methyl sites for hydroxylation is 1. The van der Waals surface area contributed by atoms with Crippen LogP contribution in [0.15, 0.2) is 0 Å². The van der Waals surface area contributed by atoms with Crippen molar-refractivity contribution in [3.8, 4) is 0 Å². The number of hydrogen-bond acceptors (Lipinski definition) is 3. The molecule has 0 saturated carbocycles. The van der Waals surface area contributed by atoms with Crippen molar-refractivity contribution in [2.75, 3.05) is 5.73 Å². The van der Waals surface area contributed by atoms with Crippen LogP contribution in [0, 0.1) is 12.3 Å². The third-order valence-corrected chi connectivity index (χ3v) is 4.37. The number of carbonyl (C=O) groups excluding carboxylic acids is 1. The second kappa shape index (κ2) is 5.87. The Morgan fingerprint density at radius 1 is 1.28 bits per heavy atom. The molecule has 0 saturated heterocycles. The van der Waals surface area contributed by atoms with E-state index in [4.69, 9.17) is 5.73 Å². The average Bonchev–Trinajstić information content (AvgIpc) is 2.52. The normalized spacial score (nSPS) is 11.8. The summed E-state index contributed by atoms with van der Waals surface area (Å²) < 4.78 is 0. The summed E-state index contributed by atoms with van der Waals surface area (Å²) in [6, 6.07) is 0. The van der Waals surface area contributed by atoms with Gasteiger partial charge in [-0.25, -0.2) is 0 Å². The number of Topliss-reactive ketones (excluding diaryl/α,β-unsaturated/α-hetero) is 1. The molecule has 1 heterocycles. The fourth-order valence-electron chi connectivity index (χ4n) is 2.02. The molecule has 0 radical (unpaired) electrons. The number of hydrogen-bond donors (Lipinski definition) is 1. The summed E-state index contributed by atoms with van der Waals surface area (Å²) >= 11 is 1.59. The molecule has 102 valence electrons. The molecule has 1 aromatic rings. The van der Waals surface area contributed by atoms with E-state index < -0.39 is 0 Å². The maximum Gasteiger partial charge on any atom is 0.171 e. The molecule has 0 aliphatic carbocycles. The minimum Gasteiger partial charge on any atom is -0.390 e. The van der Waals surface area contributed by atoms with Gasteiger partial charge >= 0.3 is 0 Å². The molecule has 0 aliphatic rings. The molecule has 0 bridgehead atoms. The van der Waals surface area contributed by atoms with Crippen LogP contribution >= 0.6 is 11.3 Å². The fraction of sp³-hybridized carbons (Fsp3) is 0.667. The van der Waals surface area contributed by atoms with Gasteiger partial charge in [-0.1, -0.05) is 40.5 Å². The van der Waals surface area contributed by atoms with Crippen LogP contribution in [0.3, 0.4) is 0 Å². The van der Waals surface area contributed by atoms with Gasteiger partial charge in [0.1, 0.15) is 0 Å². The molecule has 2 nitrogen and oxygen atoms in total. The SMILES string of the molecule is CCCCCc1sc(N)c(C(=O)C(C)(C)C)c1C. The molecule has 18 heavy (non-hydrogen) atoms. The predicted octanol–water partition coefficient (Wildman–Crippen LogP) is 4.60. The lowest BCUT2D eigenvalue weighted by Crippen LogP contribution is -2.21. The Hall–Kier alpha value is -0.830. The lowest BCUT2D eigenvalue weighted by molar-refractivity contribution is 0.0859. The number of unbranched alkanes of at least 4 members (excludes halogenated alkanes) is 2. The zero-order chi connectivity index (χ0) is 13.9. The summed E-state index contributed by atoms with van der Waals surface area (Å²) in [4.78, 5) is 13.7. The van der Waals surface area contributed by atoms with Gasteiger partial charge in [-0.15, -0.1) is 11.3 Å². The Morgan fingerprint density at radius 2 is 1.89 bits per heavy atom. The molecule has 0 amide bonds. The Morgan fingerprint density at radius 3 is 2.39 bits per heavy atom. The molecular weight excluding hydrogens is 242 g/mol. The molecule has 1 rings (SSSR count). The third-order valence-electron chi connectivity index (χ3n) is 3.19. The monoisotopic (exact) mass is 267 g/mol. The van der Waals surface area contributed by atoms with Crippen molar-refractivity contribution in [2.45, 2.75) is 60.3 Å². The van der Waals surface area contributed by atoms with Crippen molar-refractivity contribution in [1.29, 1.82) is 0 Å². The zero-order valence-corrected chi connectivity index (χ0v) is 13.0.